The van der Waals surface area contributed by atoms with Crippen LogP contribution in [-0.4, -0.2) is 37.5 Å². The molecule has 1 N–H and O–H groups in total. The van der Waals surface area contributed by atoms with Crippen molar-refractivity contribution in [2.75, 3.05) is 20.6 Å². The third-order valence-corrected chi connectivity index (χ3v) is 4.71. The summed E-state index contributed by atoms with van der Waals surface area (Å²) in [7, 11) is 4.09. The average Bonchev–Trinajstić information content (AvgIpc) is 2.60. The van der Waals surface area contributed by atoms with Crippen LogP contribution in [0.25, 0.3) is 11.1 Å². The minimum Gasteiger partial charge on any atom is -0.348 e. The Labute approximate surface area is 171 Å². The predicted molar refractivity (Wildman–Crippen MR) is 120 cm³/mol. The fraction of sp³-hybridized carbons (Fsp3) is 0.480. The third-order valence-electron chi connectivity index (χ3n) is 4.71. The molecule has 0 fully saturated rings. The van der Waals surface area contributed by atoms with Gasteiger partial charge in [-0.15, -0.1) is 0 Å². The predicted octanol–water partition coefficient (Wildman–Crippen LogP) is 5.26. The summed E-state index contributed by atoms with van der Waals surface area (Å²) in [5, 5.41) is 3.23. The first kappa shape index (κ1) is 22.2. The fourth-order valence-electron chi connectivity index (χ4n) is 3.65. The van der Waals surface area contributed by atoms with E-state index >= 15 is 0 Å². The highest BCUT2D eigenvalue weighted by Crippen LogP contribution is 2.23. The molecule has 1 atom stereocenters. The van der Waals surface area contributed by atoms with Gasteiger partial charge in [0.25, 0.3) is 5.91 Å². The first-order valence-electron chi connectivity index (χ1n) is 10.4. The Bertz CT molecular complexity index is 755. The molecular weight excluding hydrogens is 344 g/mol. The Balaban J connectivity index is 2.18. The molecule has 0 aliphatic heterocycles. The number of rotatable bonds is 9. The lowest BCUT2D eigenvalue weighted by molar-refractivity contribution is 0.0924. The maximum Gasteiger partial charge on any atom is 0.251 e. The highest BCUT2D eigenvalue weighted by atomic mass is 16.1. The van der Waals surface area contributed by atoms with Gasteiger partial charge in [0.1, 0.15) is 0 Å². The zero-order chi connectivity index (χ0) is 20.7. The molecule has 0 saturated carbocycles. The Morgan fingerprint density at radius 2 is 1.57 bits per heavy atom. The van der Waals surface area contributed by atoms with Crippen molar-refractivity contribution in [2.45, 2.75) is 46.6 Å². The zero-order valence-corrected chi connectivity index (χ0v) is 18.3. The summed E-state index contributed by atoms with van der Waals surface area (Å²) in [5.41, 5.74) is 4.32. The van der Waals surface area contributed by atoms with Crippen LogP contribution in [0.1, 0.15) is 50.0 Å². The summed E-state index contributed by atoms with van der Waals surface area (Å²) in [5.74, 6) is 1.18. The summed E-state index contributed by atoms with van der Waals surface area (Å²) < 4.78 is 0. The smallest absolute Gasteiger partial charge is 0.251 e. The van der Waals surface area contributed by atoms with Crippen molar-refractivity contribution >= 4 is 5.91 Å². The second kappa shape index (κ2) is 10.4. The van der Waals surface area contributed by atoms with E-state index in [0.717, 1.165) is 30.5 Å². The fourth-order valence-corrected chi connectivity index (χ4v) is 3.65. The molecule has 2 rings (SSSR count). The van der Waals surface area contributed by atoms with Crippen LogP contribution in [0.5, 0.6) is 0 Å². The summed E-state index contributed by atoms with van der Waals surface area (Å²) >= 11 is 0. The van der Waals surface area contributed by atoms with E-state index in [2.05, 4.69) is 68.2 Å². The molecule has 0 spiro atoms. The van der Waals surface area contributed by atoms with Gasteiger partial charge in [0.05, 0.1) is 0 Å². The van der Waals surface area contributed by atoms with E-state index < -0.39 is 0 Å². The SMILES string of the molecule is CC(C)Cc1cccc(-c2cccc(C(=O)N[C@H](CC(C)C)CN(C)C)c2)c1. The largest absolute Gasteiger partial charge is 0.348 e. The molecule has 1 amide bonds. The van der Waals surface area contributed by atoms with Gasteiger partial charge < -0.3 is 10.2 Å². The topological polar surface area (TPSA) is 32.3 Å². The van der Waals surface area contributed by atoms with Gasteiger partial charge in [0.15, 0.2) is 0 Å². The summed E-state index contributed by atoms with van der Waals surface area (Å²) in [6.07, 6.45) is 2.04. The number of carbonyl (C=O) groups is 1. The molecule has 2 aromatic carbocycles. The van der Waals surface area contributed by atoms with Crippen LogP contribution in [0.4, 0.5) is 0 Å². The number of nitrogens with one attached hydrogen (secondary N) is 1. The van der Waals surface area contributed by atoms with Gasteiger partial charge >= 0.3 is 0 Å². The van der Waals surface area contributed by atoms with Gasteiger partial charge in [0, 0.05) is 18.2 Å². The molecule has 0 saturated heterocycles. The van der Waals surface area contributed by atoms with Crippen LogP contribution < -0.4 is 5.32 Å². The quantitative estimate of drug-likeness (QED) is 0.644. The van der Waals surface area contributed by atoms with E-state index in [9.17, 15) is 4.79 Å². The summed E-state index contributed by atoms with van der Waals surface area (Å²) in [4.78, 5) is 15.0. The molecule has 152 valence electrons. The van der Waals surface area contributed by atoms with Crippen molar-refractivity contribution in [2.24, 2.45) is 11.8 Å². The molecular formula is C25H36N2O. The van der Waals surface area contributed by atoms with Crippen LogP contribution in [0.3, 0.4) is 0 Å². The minimum atomic E-state index is 0.00712. The molecule has 3 nitrogen and oxygen atoms in total. The highest BCUT2D eigenvalue weighted by molar-refractivity contribution is 5.95. The molecule has 0 radical (unpaired) electrons. The van der Waals surface area contributed by atoms with Gasteiger partial charge in [-0.3, -0.25) is 4.79 Å². The first-order chi connectivity index (χ1) is 13.2. The van der Waals surface area contributed by atoms with E-state index in [1.807, 2.05) is 32.3 Å². The molecule has 0 aliphatic carbocycles. The van der Waals surface area contributed by atoms with Crippen LogP contribution in [0.2, 0.25) is 0 Å². The molecule has 0 aliphatic rings. The Hall–Kier alpha value is -2.13. The maximum absolute atomic E-state index is 12.9. The summed E-state index contributed by atoms with van der Waals surface area (Å²) in [6, 6.07) is 16.8. The number of carbonyl (C=O) groups excluding carboxylic acids is 1. The number of likely N-dealkylation sites (N-methyl/N-ethyl adjacent to an activating group) is 1. The van der Waals surface area contributed by atoms with Crippen molar-refractivity contribution in [3.63, 3.8) is 0 Å². The standard InChI is InChI=1S/C25H36N2O/c1-18(2)13-20-9-7-10-21(15-20)22-11-8-12-23(16-22)25(28)26-24(14-19(3)4)17-27(5)6/h7-12,15-16,18-19,24H,13-14,17H2,1-6H3,(H,26,28)/t24-/m1/s1. The number of amides is 1. The molecule has 0 unspecified atom stereocenters. The molecule has 2 aromatic rings. The van der Waals surface area contributed by atoms with Gasteiger partial charge in [-0.1, -0.05) is 64.1 Å². The van der Waals surface area contributed by atoms with Gasteiger partial charge in [-0.05, 0) is 67.6 Å². The number of benzene rings is 2. The summed E-state index contributed by atoms with van der Waals surface area (Å²) in [6.45, 7) is 9.71. The average molecular weight is 381 g/mol. The van der Waals surface area contributed by atoms with Gasteiger partial charge in [-0.25, -0.2) is 0 Å². The molecule has 0 aromatic heterocycles. The third kappa shape index (κ3) is 7.12. The van der Waals surface area contributed by atoms with E-state index in [1.54, 1.807) is 0 Å². The van der Waals surface area contributed by atoms with Crippen molar-refractivity contribution in [1.82, 2.24) is 10.2 Å². The lowest BCUT2D eigenvalue weighted by atomic mass is 9.97. The Kier molecular flexibility index (Phi) is 8.25. The van der Waals surface area contributed by atoms with Crippen LogP contribution in [-0.2, 0) is 6.42 Å². The Morgan fingerprint density at radius 3 is 2.18 bits per heavy atom. The molecule has 0 heterocycles. The van der Waals surface area contributed by atoms with Crippen molar-refractivity contribution in [3.05, 3.63) is 59.7 Å². The van der Waals surface area contributed by atoms with E-state index in [1.165, 1.54) is 11.1 Å². The first-order valence-corrected chi connectivity index (χ1v) is 10.4. The van der Waals surface area contributed by atoms with E-state index in [4.69, 9.17) is 0 Å². The highest BCUT2D eigenvalue weighted by Gasteiger charge is 2.16. The normalized spacial score (nSPS) is 12.6. The van der Waals surface area contributed by atoms with Crippen LogP contribution in [0, 0.1) is 11.8 Å². The zero-order valence-electron chi connectivity index (χ0n) is 18.3. The Morgan fingerprint density at radius 1 is 0.929 bits per heavy atom. The van der Waals surface area contributed by atoms with Crippen LogP contribution in [0.15, 0.2) is 48.5 Å². The van der Waals surface area contributed by atoms with Gasteiger partial charge in [-0.2, -0.15) is 0 Å². The number of hydrogen-bond donors (Lipinski definition) is 1. The van der Waals surface area contributed by atoms with E-state index in [0.29, 0.717) is 11.8 Å². The second-order valence-electron chi connectivity index (χ2n) is 8.94. The minimum absolute atomic E-state index is 0.00712. The number of hydrogen-bond acceptors (Lipinski definition) is 2. The van der Waals surface area contributed by atoms with Gasteiger partial charge in [0.2, 0.25) is 0 Å². The lowest BCUT2D eigenvalue weighted by Crippen LogP contribution is -2.42. The molecule has 3 heteroatoms. The second-order valence-corrected chi connectivity index (χ2v) is 8.94. The number of nitrogens with zero attached hydrogens (tertiary/aromatic N) is 1. The van der Waals surface area contributed by atoms with Crippen LogP contribution >= 0.6 is 0 Å². The van der Waals surface area contributed by atoms with Crippen molar-refractivity contribution in [1.29, 1.82) is 0 Å². The van der Waals surface area contributed by atoms with E-state index in [-0.39, 0.29) is 11.9 Å². The maximum atomic E-state index is 12.9. The van der Waals surface area contributed by atoms with Crippen molar-refractivity contribution in [3.8, 4) is 11.1 Å². The molecule has 28 heavy (non-hydrogen) atoms. The lowest BCUT2D eigenvalue weighted by Gasteiger charge is -2.24. The monoisotopic (exact) mass is 380 g/mol. The van der Waals surface area contributed by atoms with Crippen molar-refractivity contribution < 1.29 is 4.79 Å². The molecule has 0 bridgehead atoms.